The van der Waals surface area contributed by atoms with Gasteiger partial charge in [0.25, 0.3) is 5.91 Å². The van der Waals surface area contributed by atoms with Crippen LogP contribution in [0.2, 0.25) is 0 Å². The van der Waals surface area contributed by atoms with Gasteiger partial charge in [0.05, 0.1) is 5.56 Å². The van der Waals surface area contributed by atoms with Gasteiger partial charge in [0, 0.05) is 19.5 Å². The Labute approximate surface area is 226 Å². The molecule has 14 heteroatoms. The number of aromatic nitrogens is 3. The van der Waals surface area contributed by atoms with Gasteiger partial charge in [-0.2, -0.15) is 4.98 Å². The normalized spacial score (nSPS) is 11.3. The van der Waals surface area contributed by atoms with Crippen molar-refractivity contribution in [2.75, 3.05) is 6.54 Å². The molecule has 12 nitrogen and oxygen atoms in total. The molecule has 0 saturated carbocycles. The predicted molar refractivity (Wildman–Crippen MR) is 108 cm³/mol. The first-order valence-corrected chi connectivity index (χ1v) is 10.8. The minimum absolute atomic E-state index is 0. The fourth-order valence-corrected chi connectivity index (χ4v) is 3.32. The van der Waals surface area contributed by atoms with E-state index in [1.165, 1.54) is 6.07 Å². The van der Waals surface area contributed by atoms with Crippen molar-refractivity contribution in [2.45, 2.75) is 33.6 Å². The molecule has 2 aromatic heterocycles. The van der Waals surface area contributed by atoms with Crippen LogP contribution in [0.4, 0.5) is 0 Å². The van der Waals surface area contributed by atoms with Crippen molar-refractivity contribution in [1.29, 1.82) is 0 Å². The molecule has 1 amide bonds. The summed E-state index contributed by atoms with van der Waals surface area (Å²) in [5, 5.41) is 20.8. The molecule has 3 aromatic rings. The van der Waals surface area contributed by atoms with Crippen molar-refractivity contribution >= 4 is 13.7 Å². The summed E-state index contributed by atoms with van der Waals surface area (Å²) in [6.07, 6.45) is 0. The average molecular weight is 492 g/mol. The largest absolute Gasteiger partial charge is 1.00 e. The number of aromatic hydroxyl groups is 1. The van der Waals surface area contributed by atoms with Crippen LogP contribution in [-0.2, 0) is 4.57 Å². The molecule has 0 bridgehead atoms. The van der Waals surface area contributed by atoms with Crippen molar-refractivity contribution in [1.82, 2.24) is 20.6 Å². The number of aryl methyl sites for hydroxylation is 1. The molecule has 32 heavy (non-hydrogen) atoms. The number of carbonyl (C=O) groups excluding carboxylic acids is 1. The Hall–Kier alpha value is -1.57. The van der Waals surface area contributed by atoms with Crippen molar-refractivity contribution in [3.8, 4) is 34.2 Å². The van der Waals surface area contributed by atoms with Crippen LogP contribution < -0.4 is 61.2 Å². The van der Waals surface area contributed by atoms with Gasteiger partial charge in [-0.05, 0) is 24.5 Å². The van der Waals surface area contributed by atoms with Gasteiger partial charge >= 0.3 is 59.2 Å². The van der Waals surface area contributed by atoms with Crippen LogP contribution in [0.15, 0.2) is 21.2 Å². The van der Waals surface area contributed by atoms with Crippen LogP contribution in [0, 0.1) is 6.92 Å². The molecule has 3 rings (SSSR count). The second-order valence-corrected chi connectivity index (χ2v) is 8.04. The number of carbonyl (C=O) groups is 1. The first-order chi connectivity index (χ1) is 14.5. The standard InChI is InChI=1S/C18H21N4O8P.K.H/c1-5-19-18(24)15-14(17-20-9(4)28-22-17)16(29-21-15)11-6-10(8(2)3)13(7-12(11)23)30-31(25,26)27;;/h6-8,23H,5H2,1-4H3,(H,19,24)(H2,25,26,27);;/q;+1;-1. The number of hydrogen-bond acceptors (Lipinski definition) is 9. The van der Waals surface area contributed by atoms with Crippen LogP contribution in [0.5, 0.6) is 11.5 Å². The molecule has 0 atom stereocenters. The topological polar surface area (TPSA) is 181 Å². The van der Waals surface area contributed by atoms with Crippen LogP contribution >= 0.6 is 7.82 Å². The van der Waals surface area contributed by atoms with E-state index >= 15 is 0 Å². The first-order valence-electron chi connectivity index (χ1n) is 9.22. The molecule has 168 valence electrons. The van der Waals surface area contributed by atoms with Gasteiger partial charge in [-0.15, -0.1) is 0 Å². The van der Waals surface area contributed by atoms with Crippen molar-refractivity contribution in [2.24, 2.45) is 0 Å². The fourth-order valence-electron chi connectivity index (χ4n) is 2.91. The van der Waals surface area contributed by atoms with Crippen LogP contribution in [-0.4, -0.2) is 42.6 Å². The molecule has 0 fully saturated rings. The minimum atomic E-state index is -4.86. The van der Waals surface area contributed by atoms with Crippen LogP contribution in [0.3, 0.4) is 0 Å². The van der Waals surface area contributed by atoms with Crippen LogP contribution in [0.1, 0.15) is 50.1 Å². The van der Waals surface area contributed by atoms with E-state index < -0.39 is 19.5 Å². The van der Waals surface area contributed by atoms with Gasteiger partial charge in [-0.3, -0.25) is 14.6 Å². The maximum absolute atomic E-state index is 12.5. The summed E-state index contributed by atoms with van der Waals surface area (Å²) in [5.74, 6) is -1.16. The zero-order chi connectivity index (χ0) is 22.9. The van der Waals surface area contributed by atoms with Crippen molar-refractivity contribution in [3.63, 3.8) is 0 Å². The van der Waals surface area contributed by atoms with E-state index in [4.69, 9.17) is 13.6 Å². The quantitative estimate of drug-likeness (QED) is 0.255. The van der Waals surface area contributed by atoms with E-state index in [0.29, 0.717) is 12.1 Å². The third kappa shape index (κ3) is 5.86. The number of phosphoric ester groups is 1. The molecule has 0 radical (unpaired) electrons. The number of hydrogen-bond donors (Lipinski definition) is 4. The van der Waals surface area contributed by atoms with Gasteiger partial charge < -0.3 is 25.4 Å². The molecule has 4 N–H and O–H groups in total. The van der Waals surface area contributed by atoms with Gasteiger partial charge in [-0.25, -0.2) is 4.57 Å². The molecule has 0 saturated heterocycles. The number of rotatable bonds is 7. The predicted octanol–water partition coefficient (Wildman–Crippen LogP) is -0.133. The summed E-state index contributed by atoms with van der Waals surface area (Å²) in [6.45, 7) is 7.18. The molecule has 0 aliphatic carbocycles. The number of amides is 1. The summed E-state index contributed by atoms with van der Waals surface area (Å²) in [4.78, 5) is 34.9. The molecular weight excluding hydrogens is 470 g/mol. The first kappa shape index (κ1) is 26.7. The zero-order valence-electron chi connectivity index (χ0n) is 19.1. The number of phenols is 1. The second kappa shape index (κ2) is 10.6. The molecule has 1 aromatic carbocycles. The summed E-state index contributed by atoms with van der Waals surface area (Å²) >= 11 is 0. The summed E-state index contributed by atoms with van der Waals surface area (Å²) < 4.78 is 26.4. The van der Waals surface area contributed by atoms with E-state index in [1.54, 1.807) is 27.7 Å². The molecule has 0 unspecified atom stereocenters. The van der Waals surface area contributed by atoms with Gasteiger partial charge in [0.1, 0.15) is 17.1 Å². The minimum Gasteiger partial charge on any atom is -1.00 e. The number of benzene rings is 1. The zero-order valence-corrected chi connectivity index (χ0v) is 22.1. The van der Waals surface area contributed by atoms with Gasteiger partial charge in [-0.1, -0.05) is 24.2 Å². The third-order valence-corrected chi connectivity index (χ3v) is 4.64. The molecule has 0 aliphatic heterocycles. The molecule has 0 aliphatic rings. The molecule has 0 spiro atoms. The maximum Gasteiger partial charge on any atom is 1.00 e. The Balaban J connectivity index is 0.00000272. The Kier molecular flexibility index (Phi) is 8.81. The Morgan fingerprint density at radius 3 is 2.50 bits per heavy atom. The SMILES string of the molecule is CCNC(=O)c1noc(-c2cc(C(C)C)c(OP(=O)(O)O)cc2O)c1-c1noc(C)n1.[H-].[K+]. The fraction of sp³-hybridized carbons (Fsp3) is 0.333. The summed E-state index contributed by atoms with van der Waals surface area (Å²) in [5.41, 5.74) is 0.458. The van der Waals surface area contributed by atoms with Crippen LogP contribution in [0.25, 0.3) is 22.7 Å². The van der Waals surface area contributed by atoms with E-state index in [-0.39, 0.29) is 98.8 Å². The number of phenolic OH excluding ortho intramolecular Hbond substituents is 1. The number of nitrogens with one attached hydrogen (secondary N) is 1. The van der Waals surface area contributed by atoms with E-state index in [2.05, 4.69) is 20.6 Å². The van der Waals surface area contributed by atoms with Crippen molar-refractivity contribution < 1.29 is 90.6 Å². The monoisotopic (exact) mass is 492 g/mol. The summed E-state index contributed by atoms with van der Waals surface area (Å²) in [7, 11) is -4.86. The second-order valence-electron chi connectivity index (χ2n) is 6.88. The average Bonchev–Trinajstić information content (AvgIpc) is 3.26. The van der Waals surface area contributed by atoms with E-state index in [0.717, 1.165) is 6.07 Å². The van der Waals surface area contributed by atoms with Gasteiger partial charge in [0.15, 0.2) is 11.5 Å². The Morgan fingerprint density at radius 2 is 1.97 bits per heavy atom. The molecular formula is C18H22KN4O8P. The number of nitrogens with zero attached hydrogens (tertiary/aromatic N) is 3. The molecule has 2 heterocycles. The Bertz CT molecular complexity index is 1180. The maximum atomic E-state index is 12.5. The third-order valence-electron chi connectivity index (χ3n) is 4.21. The van der Waals surface area contributed by atoms with E-state index in [9.17, 15) is 24.3 Å². The van der Waals surface area contributed by atoms with Gasteiger partial charge in [0.2, 0.25) is 11.7 Å². The van der Waals surface area contributed by atoms with E-state index in [1.807, 2.05) is 0 Å². The summed E-state index contributed by atoms with van der Waals surface area (Å²) in [6, 6.07) is 2.49. The Morgan fingerprint density at radius 1 is 1.28 bits per heavy atom. The smallest absolute Gasteiger partial charge is 1.00 e. The number of phosphoric acid groups is 1. The van der Waals surface area contributed by atoms with Crippen molar-refractivity contribution in [3.05, 3.63) is 29.3 Å².